The summed E-state index contributed by atoms with van der Waals surface area (Å²) in [4.78, 5) is 25.3. The molecule has 3 aromatic rings. The molecule has 0 radical (unpaired) electrons. The molecule has 2 aromatic heterocycles. The summed E-state index contributed by atoms with van der Waals surface area (Å²) in [7, 11) is 1.51. The quantitative estimate of drug-likeness (QED) is 0.721. The Morgan fingerprint density at radius 3 is 2.89 bits per heavy atom. The molecule has 0 saturated carbocycles. The minimum absolute atomic E-state index is 0. The third-order valence-corrected chi connectivity index (χ3v) is 4.63. The summed E-state index contributed by atoms with van der Waals surface area (Å²) in [6.45, 7) is 0. The second kappa shape index (κ2) is 8.31. The van der Waals surface area contributed by atoms with Crippen LogP contribution < -0.4 is 10.1 Å². The number of aryl methyl sites for hydroxylation is 1. The Balaban J connectivity index is 0.00000225. The first-order chi connectivity index (χ1) is 13.2. The van der Waals surface area contributed by atoms with Crippen molar-refractivity contribution in [2.45, 2.75) is 18.8 Å². The van der Waals surface area contributed by atoms with E-state index in [1.807, 2.05) is 12.1 Å². The van der Waals surface area contributed by atoms with E-state index in [0.717, 1.165) is 17.7 Å². The van der Waals surface area contributed by atoms with Crippen molar-refractivity contribution < 1.29 is 13.9 Å². The van der Waals surface area contributed by atoms with E-state index < -0.39 is 5.82 Å². The number of amides is 1. The fraction of sp³-hybridized carbons (Fsp3) is 0.200. The van der Waals surface area contributed by atoms with Gasteiger partial charge in [0.05, 0.1) is 24.4 Å². The number of carbonyl (C=O) groups excluding carboxylic acids is 1. The second-order valence-electron chi connectivity index (χ2n) is 6.26. The predicted molar refractivity (Wildman–Crippen MR) is 105 cm³/mol. The van der Waals surface area contributed by atoms with Gasteiger partial charge in [-0.2, -0.15) is 0 Å². The van der Waals surface area contributed by atoms with Crippen LogP contribution in [0, 0.1) is 5.82 Å². The van der Waals surface area contributed by atoms with Gasteiger partial charge in [0.25, 0.3) is 0 Å². The molecular formula is C20H18ClFN4O2. The number of halogens is 2. The Bertz CT molecular complexity index is 1020. The van der Waals surface area contributed by atoms with Gasteiger partial charge in [0.15, 0.2) is 0 Å². The maximum Gasteiger partial charge on any atom is 0.234 e. The van der Waals surface area contributed by atoms with Crippen molar-refractivity contribution in [3.05, 3.63) is 66.0 Å². The number of carbonyl (C=O) groups is 1. The SMILES string of the molecule is COc1ccc(F)cc1-c1cc(NC(=O)C2CCc3cccnc32)ncn1.Cl. The number of aromatic nitrogens is 3. The number of nitrogens with zero attached hydrogens (tertiary/aromatic N) is 3. The molecule has 1 N–H and O–H groups in total. The monoisotopic (exact) mass is 400 g/mol. The van der Waals surface area contributed by atoms with Gasteiger partial charge < -0.3 is 10.1 Å². The van der Waals surface area contributed by atoms with Gasteiger partial charge in [0.2, 0.25) is 5.91 Å². The molecule has 1 aromatic carbocycles. The first-order valence-electron chi connectivity index (χ1n) is 8.56. The van der Waals surface area contributed by atoms with E-state index in [1.165, 1.54) is 31.6 Å². The average molecular weight is 401 g/mol. The van der Waals surface area contributed by atoms with Gasteiger partial charge in [-0.25, -0.2) is 14.4 Å². The van der Waals surface area contributed by atoms with Gasteiger partial charge in [-0.05, 0) is 42.7 Å². The zero-order valence-electron chi connectivity index (χ0n) is 15.1. The number of fused-ring (bicyclic) bond motifs is 1. The zero-order chi connectivity index (χ0) is 18.8. The molecule has 0 fully saturated rings. The molecule has 1 unspecified atom stereocenters. The number of nitrogens with one attached hydrogen (secondary N) is 1. The fourth-order valence-corrected chi connectivity index (χ4v) is 3.33. The van der Waals surface area contributed by atoms with E-state index in [1.54, 1.807) is 12.3 Å². The van der Waals surface area contributed by atoms with Gasteiger partial charge >= 0.3 is 0 Å². The highest BCUT2D eigenvalue weighted by atomic mass is 35.5. The minimum Gasteiger partial charge on any atom is -0.496 e. The van der Waals surface area contributed by atoms with Crippen LogP contribution >= 0.6 is 12.4 Å². The van der Waals surface area contributed by atoms with E-state index in [-0.39, 0.29) is 24.2 Å². The summed E-state index contributed by atoms with van der Waals surface area (Å²) in [6.07, 6.45) is 4.57. The lowest BCUT2D eigenvalue weighted by Crippen LogP contribution is -2.20. The third-order valence-electron chi connectivity index (χ3n) is 4.63. The molecule has 6 nitrogen and oxygen atoms in total. The number of benzene rings is 1. The van der Waals surface area contributed by atoms with Crippen LogP contribution in [-0.4, -0.2) is 28.0 Å². The molecule has 144 valence electrons. The summed E-state index contributed by atoms with van der Waals surface area (Å²) in [5.74, 6) is -0.0303. The smallest absolute Gasteiger partial charge is 0.234 e. The number of rotatable bonds is 4. The van der Waals surface area contributed by atoms with Gasteiger partial charge in [-0.15, -0.1) is 12.4 Å². The van der Waals surface area contributed by atoms with E-state index in [9.17, 15) is 9.18 Å². The largest absolute Gasteiger partial charge is 0.496 e. The summed E-state index contributed by atoms with van der Waals surface area (Å²) < 4.78 is 18.9. The van der Waals surface area contributed by atoms with Crippen molar-refractivity contribution in [1.29, 1.82) is 0 Å². The Labute approximate surface area is 167 Å². The number of methoxy groups -OCH3 is 1. The molecule has 1 aliphatic rings. The van der Waals surface area contributed by atoms with Crippen molar-refractivity contribution in [3.63, 3.8) is 0 Å². The standard InChI is InChI=1S/C20H17FN4O2.ClH/c1-27-17-7-5-13(21)9-15(17)16-10-18(24-11-23-16)25-20(26)14-6-4-12-3-2-8-22-19(12)14;/h2-3,5,7-11,14H,4,6H2,1H3,(H,23,24,25,26);1H. The predicted octanol–water partition coefficient (Wildman–Crippen LogP) is 3.78. The highest BCUT2D eigenvalue weighted by Gasteiger charge is 2.30. The highest BCUT2D eigenvalue weighted by Crippen LogP contribution is 2.33. The van der Waals surface area contributed by atoms with Crippen LogP contribution in [0.5, 0.6) is 5.75 Å². The van der Waals surface area contributed by atoms with Crippen LogP contribution in [0.15, 0.2) is 48.9 Å². The molecular weight excluding hydrogens is 383 g/mol. The molecule has 4 rings (SSSR count). The van der Waals surface area contributed by atoms with Gasteiger partial charge in [-0.3, -0.25) is 9.78 Å². The third kappa shape index (κ3) is 3.80. The Hall–Kier alpha value is -3.06. The van der Waals surface area contributed by atoms with Crippen LogP contribution in [0.4, 0.5) is 10.2 Å². The summed E-state index contributed by atoms with van der Waals surface area (Å²) in [5.41, 5.74) is 2.87. The number of pyridine rings is 1. The van der Waals surface area contributed by atoms with Gasteiger partial charge in [0, 0.05) is 17.8 Å². The first-order valence-corrected chi connectivity index (χ1v) is 8.56. The van der Waals surface area contributed by atoms with Crippen molar-refractivity contribution in [1.82, 2.24) is 15.0 Å². The molecule has 0 saturated heterocycles. The lowest BCUT2D eigenvalue weighted by atomic mass is 10.1. The van der Waals surface area contributed by atoms with Crippen LogP contribution in [0.2, 0.25) is 0 Å². The molecule has 0 aliphatic heterocycles. The maximum absolute atomic E-state index is 13.6. The number of hydrogen-bond acceptors (Lipinski definition) is 5. The van der Waals surface area contributed by atoms with E-state index >= 15 is 0 Å². The van der Waals surface area contributed by atoms with Crippen molar-refractivity contribution in [3.8, 4) is 17.0 Å². The van der Waals surface area contributed by atoms with Crippen LogP contribution in [-0.2, 0) is 11.2 Å². The number of hydrogen-bond donors (Lipinski definition) is 1. The minimum atomic E-state index is -0.399. The molecule has 8 heteroatoms. The summed E-state index contributed by atoms with van der Waals surface area (Å²) in [6, 6.07) is 9.66. The van der Waals surface area contributed by atoms with Gasteiger partial charge in [0.1, 0.15) is 23.7 Å². The first kappa shape index (κ1) is 19.7. The van der Waals surface area contributed by atoms with Crippen LogP contribution in [0.25, 0.3) is 11.3 Å². The number of anilines is 1. The number of ether oxygens (including phenoxy) is 1. The zero-order valence-corrected chi connectivity index (χ0v) is 15.9. The topological polar surface area (TPSA) is 77.0 Å². The molecule has 0 spiro atoms. The van der Waals surface area contributed by atoms with Crippen molar-refractivity contribution >= 4 is 24.1 Å². The second-order valence-corrected chi connectivity index (χ2v) is 6.26. The Morgan fingerprint density at radius 1 is 1.21 bits per heavy atom. The van der Waals surface area contributed by atoms with Crippen molar-refractivity contribution in [2.24, 2.45) is 0 Å². The molecule has 28 heavy (non-hydrogen) atoms. The molecule has 1 aliphatic carbocycles. The van der Waals surface area contributed by atoms with Crippen molar-refractivity contribution in [2.75, 3.05) is 12.4 Å². The van der Waals surface area contributed by atoms with Gasteiger partial charge in [-0.1, -0.05) is 6.07 Å². The molecule has 1 atom stereocenters. The molecule has 2 heterocycles. The normalized spacial score (nSPS) is 14.7. The highest BCUT2D eigenvalue weighted by molar-refractivity contribution is 5.95. The van der Waals surface area contributed by atoms with E-state index in [0.29, 0.717) is 29.2 Å². The summed E-state index contributed by atoms with van der Waals surface area (Å²) >= 11 is 0. The average Bonchev–Trinajstić information content (AvgIpc) is 3.12. The van der Waals surface area contributed by atoms with Crippen LogP contribution in [0.1, 0.15) is 23.6 Å². The lowest BCUT2D eigenvalue weighted by molar-refractivity contribution is -0.117. The molecule has 0 bridgehead atoms. The summed E-state index contributed by atoms with van der Waals surface area (Å²) in [5, 5.41) is 2.82. The fourth-order valence-electron chi connectivity index (χ4n) is 3.33. The maximum atomic E-state index is 13.6. The van der Waals surface area contributed by atoms with E-state index in [2.05, 4.69) is 20.3 Å². The van der Waals surface area contributed by atoms with Crippen LogP contribution in [0.3, 0.4) is 0 Å². The molecule has 1 amide bonds. The Morgan fingerprint density at radius 2 is 2.07 bits per heavy atom. The lowest BCUT2D eigenvalue weighted by Gasteiger charge is -2.12. The van der Waals surface area contributed by atoms with E-state index in [4.69, 9.17) is 4.74 Å². The Kier molecular flexibility index (Phi) is 5.84.